The molecule has 5 nitrogen and oxygen atoms in total. The number of esters is 1. The van der Waals surface area contributed by atoms with Crippen LogP contribution in [0.1, 0.15) is 62.4 Å². The third kappa shape index (κ3) is 6.31. The number of aromatic nitrogens is 1. The van der Waals surface area contributed by atoms with Crippen LogP contribution in [0.15, 0.2) is 29.6 Å². The molecule has 0 aliphatic heterocycles. The topological polar surface area (TPSA) is 60.5 Å². The lowest BCUT2D eigenvalue weighted by Gasteiger charge is -2.22. The van der Waals surface area contributed by atoms with Crippen LogP contribution in [0.25, 0.3) is 10.6 Å². The van der Waals surface area contributed by atoms with Crippen LogP contribution >= 0.6 is 11.3 Å². The van der Waals surface area contributed by atoms with Gasteiger partial charge < -0.3 is 14.8 Å². The molecule has 0 spiro atoms. The smallest absolute Gasteiger partial charge is 0.357 e. The molecule has 1 fully saturated rings. The molecule has 0 radical (unpaired) electrons. The molecule has 1 aliphatic rings. The average Bonchev–Trinajstić information content (AvgIpc) is 3.22. The summed E-state index contributed by atoms with van der Waals surface area (Å²) < 4.78 is 10.8. The van der Waals surface area contributed by atoms with Crippen molar-refractivity contribution in [1.82, 2.24) is 10.3 Å². The summed E-state index contributed by atoms with van der Waals surface area (Å²) in [5.41, 5.74) is 1.34. The SMILES string of the molecule is CCOC(=O)c1csc(-c2ccc(OCCCCNC3CCCCC3)cc2)n1. The van der Waals surface area contributed by atoms with E-state index in [0.717, 1.165) is 48.4 Å². The zero-order chi connectivity index (χ0) is 19.6. The fraction of sp³-hybridized carbons (Fsp3) is 0.545. The Bertz CT molecular complexity index is 724. The first kappa shape index (κ1) is 20.8. The Kier molecular flexibility index (Phi) is 8.30. The lowest BCUT2D eigenvalue weighted by molar-refractivity contribution is 0.0520. The molecule has 6 heteroatoms. The number of unbranched alkanes of at least 4 members (excludes halogenated alkanes) is 1. The van der Waals surface area contributed by atoms with E-state index in [9.17, 15) is 4.79 Å². The fourth-order valence-corrected chi connectivity index (χ4v) is 4.22. The maximum Gasteiger partial charge on any atom is 0.357 e. The quantitative estimate of drug-likeness (QED) is 0.444. The van der Waals surface area contributed by atoms with Crippen molar-refractivity contribution in [3.05, 3.63) is 35.3 Å². The Labute approximate surface area is 171 Å². The van der Waals surface area contributed by atoms with E-state index in [-0.39, 0.29) is 5.97 Å². The number of nitrogens with one attached hydrogen (secondary N) is 1. The fourth-order valence-electron chi connectivity index (χ4n) is 3.43. The van der Waals surface area contributed by atoms with Gasteiger partial charge in [0.15, 0.2) is 5.69 Å². The van der Waals surface area contributed by atoms with Crippen LogP contribution < -0.4 is 10.1 Å². The molecule has 0 amide bonds. The van der Waals surface area contributed by atoms with Crippen molar-refractivity contribution in [2.45, 2.75) is 57.9 Å². The average molecular weight is 403 g/mol. The molecule has 3 rings (SSSR count). The summed E-state index contributed by atoms with van der Waals surface area (Å²) in [7, 11) is 0. The van der Waals surface area contributed by atoms with E-state index in [2.05, 4.69) is 10.3 Å². The van der Waals surface area contributed by atoms with Gasteiger partial charge in [0.2, 0.25) is 0 Å². The highest BCUT2D eigenvalue weighted by Crippen LogP contribution is 2.26. The first-order valence-corrected chi connectivity index (χ1v) is 11.2. The van der Waals surface area contributed by atoms with Gasteiger partial charge in [-0.2, -0.15) is 0 Å². The molecule has 1 aromatic heterocycles. The zero-order valence-electron chi connectivity index (χ0n) is 16.6. The lowest BCUT2D eigenvalue weighted by atomic mass is 9.95. The van der Waals surface area contributed by atoms with Gasteiger partial charge in [-0.1, -0.05) is 19.3 Å². The number of nitrogens with zero attached hydrogens (tertiary/aromatic N) is 1. The van der Waals surface area contributed by atoms with Gasteiger partial charge in [0.25, 0.3) is 0 Å². The van der Waals surface area contributed by atoms with Gasteiger partial charge in [-0.15, -0.1) is 11.3 Å². The normalized spacial score (nSPS) is 14.8. The van der Waals surface area contributed by atoms with Gasteiger partial charge in [-0.25, -0.2) is 9.78 Å². The summed E-state index contributed by atoms with van der Waals surface area (Å²) in [6.07, 6.45) is 9.03. The standard InChI is InChI=1S/C22H30N2O3S/c1-2-26-22(25)20-16-28-21(24-20)17-10-12-19(13-11-17)27-15-7-6-14-23-18-8-4-3-5-9-18/h10-13,16,18,23H,2-9,14-15H2,1H3. The van der Waals surface area contributed by atoms with Gasteiger partial charge in [-0.3, -0.25) is 0 Å². The maximum atomic E-state index is 11.7. The Morgan fingerprint density at radius 2 is 1.96 bits per heavy atom. The number of carbonyl (C=O) groups is 1. The van der Waals surface area contributed by atoms with Crippen molar-refractivity contribution in [1.29, 1.82) is 0 Å². The molecule has 1 heterocycles. The van der Waals surface area contributed by atoms with Crippen molar-refractivity contribution in [3.63, 3.8) is 0 Å². The molecule has 1 aliphatic carbocycles. The summed E-state index contributed by atoms with van der Waals surface area (Å²) >= 11 is 1.44. The highest BCUT2D eigenvalue weighted by Gasteiger charge is 2.13. The Hall–Kier alpha value is -1.92. The highest BCUT2D eigenvalue weighted by molar-refractivity contribution is 7.13. The summed E-state index contributed by atoms with van der Waals surface area (Å²) in [5.74, 6) is 0.495. The lowest BCUT2D eigenvalue weighted by Crippen LogP contribution is -2.31. The third-order valence-electron chi connectivity index (χ3n) is 4.97. The molecule has 1 aromatic carbocycles. The molecule has 28 heavy (non-hydrogen) atoms. The van der Waals surface area contributed by atoms with Crippen LogP contribution in [0.5, 0.6) is 5.75 Å². The minimum atomic E-state index is -0.372. The van der Waals surface area contributed by atoms with Crippen LogP contribution in [-0.4, -0.2) is 36.8 Å². The Balaban J connectivity index is 1.37. The summed E-state index contributed by atoms with van der Waals surface area (Å²) in [6.45, 7) is 3.96. The van der Waals surface area contributed by atoms with Crippen molar-refractivity contribution < 1.29 is 14.3 Å². The van der Waals surface area contributed by atoms with Gasteiger partial charge in [0.05, 0.1) is 13.2 Å². The van der Waals surface area contributed by atoms with E-state index in [0.29, 0.717) is 12.3 Å². The van der Waals surface area contributed by atoms with Crippen molar-refractivity contribution >= 4 is 17.3 Å². The van der Waals surface area contributed by atoms with E-state index in [1.165, 1.54) is 43.4 Å². The predicted molar refractivity (Wildman–Crippen MR) is 113 cm³/mol. The highest BCUT2D eigenvalue weighted by atomic mass is 32.1. The number of carbonyl (C=O) groups excluding carboxylic acids is 1. The summed E-state index contributed by atoms with van der Waals surface area (Å²) in [5, 5.41) is 6.21. The van der Waals surface area contributed by atoms with Gasteiger partial charge in [0, 0.05) is 17.0 Å². The molecule has 152 valence electrons. The minimum Gasteiger partial charge on any atom is -0.494 e. The minimum absolute atomic E-state index is 0.356. The number of ether oxygens (including phenoxy) is 2. The van der Waals surface area contributed by atoms with Crippen molar-refractivity contribution in [2.24, 2.45) is 0 Å². The largest absolute Gasteiger partial charge is 0.494 e. The number of rotatable bonds is 10. The summed E-state index contributed by atoms with van der Waals surface area (Å²) in [4.78, 5) is 16.1. The van der Waals surface area contributed by atoms with Crippen molar-refractivity contribution in [2.75, 3.05) is 19.8 Å². The van der Waals surface area contributed by atoms with E-state index in [1.54, 1.807) is 12.3 Å². The van der Waals surface area contributed by atoms with Crippen LogP contribution in [0.2, 0.25) is 0 Å². The second kappa shape index (κ2) is 11.2. The van der Waals surface area contributed by atoms with Gasteiger partial charge in [-0.05, 0) is 63.4 Å². The second-order valence-electron chi connectivity index (χ2n) is 7.13. The van der Waals surface area contributed by atoms with E-state index < -0.39 is 0 Å². The predicted octanol–water partition coefficient (Wildman–Crippen LogP) is 5.07. The number of hydrogen-bond donors (Lipinski definition) is 1. The molecule has 0 bridgehead atoms. The van der Waals surface area contributed by atoms with Gasteiger partial charge in [0.1, 0.15) is 10.8 Å². The monoisotopic (exact) mass is 402 g/mol. The maximum absolute atomic E-state index is 11.7. The third-order valence-corrected chi connectivity index (χ3v) is 5.86. The van der Waals surface area contributed by atoms with E-state index in [4.69, 9.17) is 9.47 Å². The zero-order valence-corrected chi connectivity index (χ0v) is 17.4. The molecule has 0 saturated heterocycles. The number of benzene rings is 1. The van der Waals surface area contributed by atoms with Crippen LogP contribution in [0.3, 0.4) is 0 Å². The number of thiazole rings is 1. The first-order chi connectivity index (χ1) is 13.8. The van der Waals surface area contributed by atoms with Crippen LogP contribution in [0, 0.1) is 0 Å². The molecule has 0 unspecified atom stereocenters. The van der Waals surface area contributed by atoms with Crippen LogP contribution in [-0.2, 0) is 4.74 Å². The molecule has 2 aromatic rings. The molecule has 1 saturated carbocycles. The molecular formula is C22H30N2O3S. The van der Waals surface area contributed by atoms with Crippen LogP contribution in [0.4, 0.5) is 0 Å². The first-order valence-electron chi connectivity index (χ1n) is 10.4. The van der Waals surface area contributed by atoms with Crippen molar-refractivity contribution in [3.8, 4) is 16.3 Å². The molecule has 1 N–H and O–H groups in total. The Morgan fingerprint density at radius 3 is 2.71 bits per heavy atom. The summed E-state index contributed by atoms with van der Waals surface area (Å²) in [6, 6.07) is 8.61. The van der Waals surface area contributed by atoms with E-state index >= 15 is 0 Å². The molecular weight excluding hydrogens is 372 g/mol. The van der Waals surface area contributed by atoms with E-state index in [1.807, 2.05) is 24.3 Å². The Morgan fingerprint density at radius 1 is 1.18 bits per heavy atom. The number of hydrogen-bond acceptors (Lipinski definition) is 6. The van der Waals surface area contributed by atoms with Gasteiger partial charge >= 0.3 is 5.97 Å². The molecule has 0 atom stereocenters. The second-order valence-corrected chi connectivity index (χ2v) is 7.99.